The molecule has 1 N–H and O–H groups in total. The van der Waals surface area contributed by atoms with Gasteiger partial charge in [0.15, 0.2) is 9.84 Å². The molecule has 1 heterocycles. The Kier molecular flexibility index (Phi) is 3.40. The minimum Gasteiger partial charge on any atom is -0.389 e. The van der Waals surface area contributed by atoms with Crippen molar-refractivity contribution in [3.05, 3.63) is 29.8 Å². The summed E-state index contributed by atoms with van der Waals surface area (Å²) in [6.45, 7) is 2.73. The summed E-state index contributed by atoms with van der Waals surface area (Å²) in [5.41, 5.74) is 1.80. The third-order valence-electron chi connectivity index (χ3n) is 3.07. The minimum absolute atomic E-state index is 0.196. The number of sulfone groups is 1. The number of aliphatic hydroxyl groups excluding tert-OH is 1. The first kappa shape index (κ1) is 12.4. The van der Waals surface area contributed by atoms with Crippen LogP contribution in [0.3, 0.4) is 0 Å². The molecule has 0 unspecified atom stereocenters. The second-order valence-electron chi connectivity index (χ2n) is 4.37. The number of para-hydroxylation sites is 1. The van der Waals surface area contributed by atoms with Gasteiger partial charge in [0.05, 0.1) is 17.6 Å². The van der Waals surface area contributed by atoms with Gasteiger partial charge in [0.1, 0.15) is 0 Å². The molecule has 1 atom stereocenters. The van der Waals surface area contributed by atoms with E-state index in [1.165, 1.54) is 0 Å². The Morgan fingerprint density at radius 3 is 2.41 bits per heavy atom. The van der Waals surface area contributed by atoms with Crippen LogP contribution in [0.25, 0.3) is 0 Å². The van der Waals surface area contributed by atoms with Crippen LogP contribution >= 0.6 is 0 Å². The summed E-state index contributed by atoms with van der Waals surface area (Å²) < 4.78 is 22.7. The second-order valence-corrected chi connectivity index (χ2v) is 6.68. The highest BCUT2D eigenvalue weighted by atomic mass is 32.2. The summed E-state index contributed by atoms with van der Waals surface area (Å²) in [4.78, 5) is 2.03. The lowest BCUT2D eigenvalue weighted by Crippen LogP contribution is -2.40. The maximum absolute atomic E-state index is 11.4. The van der Waals surface area contributed by atoms with Crippen LogP contribution in [-0.4, -0.2) is 38.1 Å². The van der Waals surface area contributed by atoms with E-state index >= 15 is 0 Å². The highest BCUT2D eigenvalue weighted by Crippen LogP contribution is 2.27. The van der Waals surface area contributed by atoms with Crippen LogP contribution in [0.1, 0.15) is 18.6 Å². The van der Waals surface area contributed by atoms with Crippen molar-refractivity contribution in [2.75, 3.05) is 29.5 Å². The lowest BCUT2D eigenvalue weighted by atomic mass is 10.1. The van der Waals surface area contributed by atoms with E-state index in [1.54, 1.807) is 6.92 Å². The number of hydrogen-bond donors (Lipinski definition) is 1. The quantitative estimate of drug-likeness (QED) is 0.855. The Labute approximate surface area is 102 Å². The third kappa shape index (κ3) is 2.79. The van der Waals surface area contributed by atoms with Gasteiger partial charge in [0.2, 0.25) is 0 Å². The summed E-state index contributed by atoms with van der Waals surface area (Å²) in [7, 11) is -2.86. The van der Waals surface area contributed by atoms with Crippen molar-refractivity contribution in [2.45, 2.75) is 13.0 Å². The maximum Gasteiger partial charge on any atom is 0.153 e. The fourth-order valence-corrected chi connectivity index (χ4v) is 3.28. The molecule has 0 aliphatic carbocycles. The van der Waals surface area contributed by atoms with Gasteiger partial charge >= 0.3 is 0 Å². The predicted molar refractivity (Wildman–Crippen MR) is 67.9 cm³/mol. The fourth-order valence-electron chi connectivity index (χ4n) is 2.08. The molecule has 0 saturated carbocycles. The van der Waals surface area contributed by atoms with E-state index in [9.17, 15) is 13.5 Å². The standard InChI is InChI=1S/C12H17NO3S/c1-10(14)11-4-2-3-5-12(11)13-6-8-17(15,16)9-7-13/h2-5,10,14H,6-9H2,1H3/t10-/m0/s1. The Hall–Kier alpha value is -1.07. The SMILES string of the molecule is C[C@H](O)c1ccccc1N1CCS(=O)(=O)CC1. The summed E-state index contributed by atoms with van der Waals surface area (Å²) in [6, 6.07) is 7.60. The molecule has 0 amide bonds. The second kappa shape index (κ2) is 4.66. The number of nitrogens with zero attached hydrogens (tertiary/aromatic N) is 1. The van der Waals surface area contributed by atoms with Gasteiger partial charge in [0, 0.05) is 24.3 Å². The van der Waals surface area contributed by atoms with E-state index in [1.807, 2.05) is 29.2 Å². The van der Waals surface area contributed by atoms with Crippen molar-refractivity contribution in [1.82, 2.24) is 0 Å². The lowest BCUT2D eigenvalue weighted by Gasteiger charge is -2.31. The van der Waals surface area contributed by atoms with Gasteiger partial charge in [-0.2, -0.15) is 0 Å². The van der Waals surface area contributed by atoms with Crippen molar-refractivity contribution >= 4 is 15.5 Å². The van der Waals surface area contributed by atoms with Gasteiger partial charge in [-0.15, -0.1) is 0 Å². The first-order valence-corrected chi connectivity index (χ1v) is 7.54. The molecule has 0 aromatic heterocycles. The lowest BCUT2D eigenvalue weighted by molar-refractivity contribution is 0.199. The van der Waals surface area contributed by atoms with Gasteiger partial charge in [-0.1, -0.05) is 18.2 Å². The number of hydrogen-bond acceptors (Lipinski definition) is 4. The third-order valence-corrected chi connectivity index (χ3v) is 4.68. The Morgan fingerprint density at radius 1 is 1.24 bits per heavy atom. The zero-order chi connectivity index (χ0) is 12.5. The van der Waals surface area contributed by atoms with E-state index in [-0.39, 0.29) is 11.5 Å². The van der Waals surface area contributed by atoms with Crippen molar-refractivity contribution in [1.29, 1.82) is 0 Å². The summed E-state index contributed by atoms with van der Waals surface area (Å²) in [6.07, 6.45) is -0.537. The highest BCUT2D eigenvalue weighted by molar-refractivity contribution is 7.91. The maximum atomic E-state index is 11.4. The number of aliphatic hydroxyl groups is 1. The number of benzene rings is 1. The van der Waals surface area contributed by atoms with Gasteiger partial charge < -0.3 is 10.0 Å². The van der Waals surface area contributed by atoms with Gasteiger partial charge in [-0.05, 0) is 13.0 Å². The molecular weight excluding hydrogens is 238 g/mol. The first-order valence-electron chi connectivity index (χ1n) is 5.72. The molecule has 1 aliphatic rings. The Bertz CT molecular complexity index is 482. The van der Waals surface area contributed by atoms with Crippen LogP contribution in [0, 0.1) is 0 Å². The van der Waals surface area contributed by atoms with E-state index in [2.05, 4.69) is 0 Å². The van der Waals surface area contributed by atoms with Crippen LogP contribution in [-0.2, 0) is 9.84 Å². The first-order chi connectivity index (χ1) is 7.99. The minimum atomic E-state index is -2.86. The molecule has 1 aromatic carbocycles. The summed E-state index contributed by atoms with van der Waals surface area (Å²) in [5.74, 6) is 0.391. The number of anilines is 1. The molecule has 5 heteroatoms. The molecule has 1 aliphatic heterocycles. The monoisotopic (exact) mass is 255 g/mol. The Balaban J connectivity index is 2.24. The molecule has 0 radical (unpaired) electrons. The normalized spacial score (nSPS) is 21.2. The van der Waals surface area contributed by atoms with Gasteiger partial charge in [-0.25, -0.2) is 8.42 Å². The van der Waals surface area contributed by atoms with Crippen molar-refractivity contribution in [2.24, 2.45) is 0 Å². The molecule has 4 nitrogen and oxygen atoms in total. The van der Waals surface area contributed by atoms with E-state index < -0.39 is 15.9 Å². The largest absolute Gasteiger partial charge is 0.389 e. The van der Waals surface area contributed by atoms with Crippen molar-refractivity contribution in [3.8, 4) is 0 Å². The predicted octanol–water partition coefficient (Wildman–Crippen LogP) is 0.975. The highest BCUT2D eigenvalue weighted by Gasteiger charge is 2.23. The van der Waals surface area contributed by atoms with Crippen molar-refractivity contribution < 1.29 is 13.5 Å². The molecule has 1 fully saturated rings. The molecule has 1 aromatic rings. The van der Waals surface area contributed by atoms with Crippen LogP contribution in [0.4, 0.5) is 5.69 Å². The molecule has 0 spiro atoms. The van der Waals surface area contributed by atoms with Gasteiger partial charge in [-0.3, -0.25) is 0 Å². The summed E-state index contributed by atoms with van der Waals surface area (Å²) in [5, 5.41) is 9.69. The van der Waals surface area contributed by atoms with E-state index in [0.29, 0.717) is 13.1 Å². The molecule has 0 bridgehead atoms. The van der Waals surface area contributed by atoms with E-state index in [0.717, 1.165) is 11.3 Å². The average Bonchev–Trinajstić information content (AvgIpc) is 2.29. The zero-order valence-corrected chi connectivity index (χ0v) is 10.7. The van der Waals surface area contributed by atoms with Crippen LogP contribution in [0.5, 0.6) is 0 Å². The van der Waals surface area contributed by atoms with Crippen LogP contribution in [0.15, 0.2) is 24.3 Å². The zero-order valence-electron chi connectivity index (χ0n) is 9.83. The van der Waals surface area contributed by atoms with Gasteiger partial charge in [0.25, 0.3) is 0 Å². The summed E-state index contributed by atoms with van der Waals surface area (Å²) >= 11 is 0. The van der Waals surface area contributed by atoms with Crippen molar-refractivity contribution in [3.63, 3.8) is 0 Å². The van der Waals surface area contributed by atoms with Crippen LogP contribution in [0.2, 0.25) is 0 Å². The molecule has 17 heavy (non-hydrogen) atoms. The molecular formula is C12H17NO3S. The Morgan fingerprint density at radius 2 is 1.82 bits per heavy atom. The fraction of sp³-hybridized carbons (Fsp3) is 0.500. The topological polar surface area (TPSA) is 57.6 Å². The van der Waals surface area contributed by atoms with Crippen LogP contribution < -0.4 is 4.90 Å². The molecule has 1 saturated heterocycles. The molecule has 2 rings (SSSR count). The van der Waals surface area contributed by atoms with E-state index in [4.69, 9.17) is 0 Å². The smallest absolute Gasteiger partial charge is 0.153 e. The molecule has 94 valence electrons. The number of rotatable bonds is 2. The average molecular weight is 255 g/mol.